The number of nitrogens with one attached hydrogen (secondary N) is 3. The maximum Gasteiger partial charge on any atom is 0.338 e. The molecule has 39 heavy (non-hydrogen) atoms. The highest BCUT2D eigenvalue weighted by molar-refractivity contribution is 7.80. The highest BCUT2D eigenvalue weighted by Gasteiger charge is 2.34. The SMILES string of the molecule is CCOC(=O)C1=C(C)NC(=S)N[C@@H]1c1ccccc1OCC(=O)NN=C[C@@H]1C(=O)N(c2ccccc2)N=C1C. The molecule has 0 saturated carbocycles. The fourth-order valence-corrected chi connectivity index (χ4v) is 4.39. The molecule has 2 aromatic rings. The number of benzene rings is 2. The average molecular weight is 549 g/mol. The molecule has 4 rings (SSSR count). The van der Waals surface area contributed by atoms with Crippen molar-refractivity contribution in [3.63, 3.8) is 0 Å². The number of amides is 2. The van der Waals surface area contributed by atoms with E-state index in [0.29, 0.717) is 39.1 Å². The lowest BCUT2D eigenvalue weighted by atomic mass is 9.95. The Balaban J connectivity index is 1.40. The number of allylic oxidation sites excluding steroid dienone is 1. The van der Waals surface area contributed by atoms with Gasteiger partial charge in [-0.3, -0.25) is 9.59 Å². The molecule has 0 unspecified atom stereocenters. The number of ether oxygens (including phenoxy) is 2. The first-order chi connectivity index (χ1) is 18.8. The van der Waals surface area contributed by atoms with Crippen molar-refractivity contribution in [1.29, 1.82) is 0 Å². The molecule has 2 amide bonds. The summed E-state index contributed by atoms with van der Waals surface area (Å²) in [6.07, 6.45) is 1.34. The Morgan fingerprint density at radius 2 is 1.87 bits per heavy atom. The van der Waals surface area contributed by atoms with Crippen LogP contribution >= 0.6 is 12.2 Å². The van der Waals surface area contributed by atoms with Crippen molar-refractivity contribution in [2.24, 2.45) is 16.1 Å². The van der Waals surface area contributed by atoms with Crippen LogP contribution in [0.1, 0.15) is 32.4 Å². The van der Waals surface area contributed by atoms with E-state index in [1.54, 1.807) is 57.2 Å². The number of anilines is 1. The zero-order valence-electron chi connectivity index (χ0n) is 21.6. The Kier molecular flexibility index (Phi) is 8.67. The Morgan fingerprint density at radius 3 is 2.62 bits per heavy atom. The van der Waals surface area contributed by atoms with Gasteiger partial charge in [0.15, 0.2) is 11.7 Å². The van der Waals surface area contributed by atoms with Crippen LogP contribution in [-0.4, -0.2) is 48.0 Å². The summed E-state index contributed by atoms with van der Waals surface area (Å²) in [5.41, 5.74) is 5.11. The number of rotatable bonds is 9. The van der Waals surface area contributed by atoms with Crippen molar-refractivity contribution in [2.75, 3.05) is 18.2 Å². The summed E-state index contributed by atoms with van der Waals surface area (Å²) in [5, 5.41) is 15.9. The van der Waals surface area contributed by atoms with Crippen LogP contribution in [0.25, 0.3) is 0 Å². The first kappa shape index (κ1) is 27.5. The maximum absolute atomic E-state index is 12.8. The molecule has 202 valence electrons. The number of hydrogen-bond acceptors (Lipinski definition) is 8. The van der Waals surface area contributed by atoms with Crippen LogP contribution in [0.3, 0.4) is 0 Å². The van der Waals surface area contributed by atoms with Gasteiger partial charge in [0.25, 0.3) is 11.8 Å². The minimum atomic E-state index is -0.696. The Bertz CT molecular complexity index is 1370. The fraction of sp³-hybridized carbons (Fsp3) is 0.259. The molecule has 2 aliphatic heterocycles. The van der Waals surface area contributed by atoms with Crippen molar-refractivity contribution >= 4 is 52.7 Å². The van der Waals surface area contributed by atoms with E-state index in [1.165, 1.54) is 11.2 Å². The first-order valence-electron chi connectivity index (χ1n) is 12.2. The van der Waals surface area contributed by atoms with Gasteiger partial charge in [0.2, 0.25) is 0 Å². The van der Waals surface area contributed by atoms with E-state index >= 15 is 0 Å². The Hall–Kier alpha value is -4.58. The summed E-state index contributed by atoms with van der Waals surface area (Å²) < 4.78 is 11.0. The van der Waals surface area contributed by atoms with Gasteiger partial charge in [-0.15, -0.1) is 0 Å². The van der Waals surface area contributed by atoms with E-state index in [9.17, 15) is 14.4 Å². The van der Waals surface area contributed by atoms with E-state index < -0.39 is 23.8 Å². The summed E-state index contributed by atoms with van der Waals surface area (Å²) in [4.78, 5) is 38.0. The van der Waals surface area contributed by atoms with Gasteiger partial charge in [0.05, 0.1) is 29.6 Å². The predicted octanol–water partition coefficient (Wildman–Crippen LogP) is 2.56. The zero-order chi connectivity index (χ0) is 27.9. The van der Waals surface area contributed by atoms with Crippen LogP contribution in [0.4, 0.5) is 5.69 Å². The number of carbonyl (C=O) groups excluding carboxylic acids is 3. The van der Waals surface area contributed by atoms with Crippen LogP contribution in [0, 0.1) is 5.92 Å². The molecule has 0 aliphatic carbocycles. The van der Waals surface area contributed by atoms with Gasteiger partial charge in [-0.05, 0) is 51.2 Å². The van der Waals surface area contributed by atoms with Gasteiger partial charge in [-0.25, -0.2) is 10.2 Å². The smallest absolute Gasteiger partial charge is 0.338 e. The van der Waals surface area contributed by atoms with E-state index in [1.807, 2.05) is 18.2 Å². The van der Waals surface area contributed by atoms with Gasteiger partial charge in [0.1, 0.15) is 11.7 Å². The molecule has 2 heterocycles. The normalized spacial score (nSPS) is 18.9. The lowest BCUT2D eigenvalue weighted by molar-refractivity contribution is -0.139. The van der Waals surface area contributed by atoms with E-state index in [0.717, 1.165) is 0 Å². The summed E-state index contributed by atoms with van der Waals surface area (Å²) in [6.45, 7) is 5.05. The molecule has 0 aromatic heterocycles. The van der Waals surface area contributed by atoms with Crippen LogP contribution < -0.4 is 25.8 Å². The molecule has 2 aliphatic rings. The Morgan fingerprint density at radius 1 is 1.15 bits per heavy atom. The third-order valence-corrected chi connectivity index (χ3v) is 6.17. The number of esters is 1. The zero-order valence-corrected chi connectivity index (χ0v) is 22.5. The lowest BCUT2D eigenvalue weighted by Crippen LogP contribution is -2.45. The lowest BCUT2D eigenvalue weighted by Gasteiger charge is -2.30. The summed E-state index contributed by atoms with van der Waals surface area (Å²) in [5.74, 6) is -1.61. The Labute approximate surface area is 230 Å². The molecular weight excluding hydrogens is 520 g/mol. The van der Waals surface area contributed by atoms with Crippen molar-refractivity contribution in [3.8, 4) is 5.75 Å². The summed E-state index contributed by atoms with van der Waals surface area (Å²) >= 11 is 5.29. The minimum Gasteiger partial charge on any atom is -0.483 e. The number of para-hydroxylation sites is 2. The number of hydrogen-bond donors (Lipinski definition) is 3. The van der Waals surface area contributed by atoms with Gasteiger partial charge in [-0.2, -0.15) is 15.2 Å². The molecule has 0 bridgehead atoms. The largest absolute Gasteiger partial charge is 0.483 e. The maximum atomic E-state index is 12.8. The molecule has 0 radical (unpaired) electrons. The number of carbonyl (C=O) groups is 3. The molecule has 12 heteroatoms. The third-order valence-electron chi connectivity index (χ3n) is 5.95. The second kappa shape index (κ2) is 12.3. The quantitative estimate of drug-likeness (QED) is 0.188. The van der Waals surface area contributed by atoms with Gasteiger partial charge < -0.3 is 20.1 Å². The highest BCUT2D eigenvalue weighted by Crippen LogP contribution is 2.33. The average Bonchev–Trinajstić information content (AvgIpc) is 3.20. The first-order valence-corrected chi connectivity index (χ1v) is 12.6. The topological polar surface area (TPSA) is 134 Å². The summed E-state index contributed by atoms with van der Waals surface area (Å²) in [6, 6.07) is 15.4. The van der Waals surface area contributed by atoms with E-state index in [2.05, 4.69) is 26.3 Å². The van der Waals surface area contributed by atoms with Crippen LogP contribution in [0.15, 0.2) is 76.1 Å². The molecule has 2 atom stereocenters. The number of thiocarbonyl (C=S) groups is 1. The minimum absolute atomic E-state index is 0.216. The van der Waals surface area contributed by atoms with E-state index in [-0.39, 0.29) is 19.1 Å². The van der Waals surface area contributed by atoms with Crippen LogP contribution in [0.2, 0.25) is 0 Å². The van der Waals surface area contributed by atoms with Crippen molar-refractivity contribution in [3.05, 3.63) is 71.4 Å². The van der Waals surface area contributed by atoms with Crippen LogP contribution in [-0.2, 0) is 19.1 Å². The molecule has 2 aromatic carbocycles. The monoisotopic (exact) mass is 548 g/mol. The summed E-state index contributed by atoms with van der Waals surface area (Å²) in [7, 11) is 0. The molecule has 0 fully saturated rings. The molecule has 11 nitrogen and oxygen atoms in total. The third kappa shape index (κ3) is 6.29. The van der Waals surface area contributed by atoms with Crippen molar-refractivity contribution in [1.82, 2.24) is 16.1 Å². The highest BCUT2D eigenvalue weighted by atomic mass is 32.1. The predicted molar refractivity (Wildman–Crippen MR) is 150 cm³/mol. The van der Waals surface area contributed by atoms with Crippen molar-refractivity contribution < 1.29 is 23.9 Å². The molecular formula is C27H28N6O5S. The number of hydrazone groups is 2. The molecule has 0 saturated heterocycles. The number of nitrogens with zero attached hydrogens (tertiary/aromatic N) is 3. The fourth-order valence-electron chi connectivity index (χ4n) is 4.12. The molecule has 3 N–H and O–H groups in total. The van der Waals surface area contributed by atoms with Crippen molar-refractivity contribution in [2.45, 2.75) is 26.8 Å². The van der Waals surface area contributed by atoms with E-state index in [4.69, 9.17) is 21.7 Å². The standard InChI is InChI=1S/C27H28N6O5S/c1-4-37-26(36)23-17(3)29-27(39)30-24(23)19-12-8-9-13-21(19)38-15-22(34)31-28-14-20-16(2)32-33(25(20)35)18-10-6-5-7-11-18/h5-14,20,24H,4,15H2,1-3H3,(H,31,34)(H2,29,30,39)/t20-,24+/m0/s1. The van der Waals surface area contributed by atoms with Crippen LogP contribution in [0.5, 0.6) is 5.75 Å². The van der Waals surface area contributed by atoms with Gasteiger partial charge >= 0.3 is 5.97 Å². The second-order valence-electron chi connectivity index (χ2n) is 8.63. The second-order valence-corrected chi connectivity index (χ2v) is 9.04. The van der Waals surface area contributed by atoms with Gasteiger partial charge in [0, 0.05) is 17.5 Å². The molecule has 0 spiro atoms. The van der Waals surface area contributed by atoms with Gasteiger partial charge in [-0.1, -0.05) is 36.4 Å².